The van der Waals surface area contributed by atoms with E-state index in [1.165, 1.54) is 7.11 Å². The van der Waals surface area contributed by atoms with Gasteiger partial charge >= 0.3 is 6.09 Å². The normalized spacial score (nSPS) is 25.6. The van der Waals surface area contributed by atoms with Crippen LogP contribution in [0.1, 0.15) is 12.0 Å². The number of alkyl carbamates (subject to hydrolysis) is 1. The molecule has 2 heterocycles. The number of rotatable bonds is 8. The van der Waals surface area contributed by atoms with Crippen LogP contribution in [0.5, 0.6) is 5.75 Å². The zero-order valence-corrected chi connectivity index (χ0v) is 25.4. The number of nitrogens with zero attached hydrogens (tertiary/aromatic N) is 1. The Kier molecular flexibility index (Phi) is 8.90. The first-order valence-electron chi connectivity index (χ1n) is 10.8. The minimum Gasteiger partial charge on any atom is -0.495 e. The quantitative estimate of drug-likeness (QED) is 0.315. The van der Waals surface area contributed by atoms with Gasteiger partial charge in [-0.05, 0) is 71.6 Å². The summed E-state index contributed by atoms with van der Waals surface area (Å²) in [5, 5.41) is 30.4. The highest BCUT2D eigenvalue weighted by molar-refractivity contribution is 9.12. The number of hydrogen-bond donors (Lipinski definition) is 4. The Bertz CT molecular complexity index is 1210. The highest BCUT2D eigenvalue weighted by atomic mass is 79.9. The van der Waals surface area contributed by atoms with E-state index in [0.29, 0.717) is 35.0 Å². The maximum absolute atomic E-state index is 12.7. The van der Waals surface area contributed by atoms with E-state index in [0.717, 1.165) is 0 Å². The molecule has 0 bridgehead atoms. The highest BCUT2D eigenvalue weighted by Crippen LogP contribution is 2.44. The molecule has 4 rings (SSSR count). The third-order valence-electron chi connectivity index (χ3n) is 5.74. The molecule has 200 valence electrons. The van der Waals surface area contributed by atoms with Crippen molar-refractivity contribution >= 4 is 81.4 Å². The fourth-order valence-electron chi connectivity index (χ4n) is 3.87. The number of nitrogens with one attached hydrogen (secondary N) is 2. The van der Waals surface area contributed by atoms with Crippen LogP contribution in [0.2, 0.25) is 0 Å². The van der Waals surface area contributed by atoms with Crippen molar-refractivity contribution in [3.8, 4) is 5.75 Å². The molecule has 1 spiro atoms. The third-order valence-corrected chi connectivity index (χ3v) is 8.74. The third kappa shape index (κ3) is 6.01. The lowest BCUT2D eigenvalue weighted by Gasteiger charge is -2.33. The number of aliphatic hydroxyl groups is 2. The van der Waals surface area contributed by atoms with E-state index >= 15 is 0 Å². The second-order valence-corrected chi connectivity index (χ2v) is 11.6. The van der Waals surface area contributed by atoms with Gasteiger partial charge in [-0.2, -0.15) is 0 Å². The van der Waals surface area contributed by atoms with Crippen molar-refractivity contribution in [1.29, 1.82) is 0 Å². The summed E-state index contributed by atoms with van der Waals surface area (Å²) >= 11 is 13.6. The van der Waals surface area contributed by atoms with Crippen molar-refractivity contribution in [1.82, 2.24) is 10.6 Å². The lowest BCUT2D eigenvalue weighted by atomic mass is 9.87. The molecule has 0 aromatic heterocycles. The molecule has 0 unspecified atom stereocenters. The number of methoxy groups -OCH3 is 1. The minimum atomic E-state index is -1.27. The summed E-state index contributed by atoms with van der Waals surface area (Å²) in [6, 6.07) is 3.44. The van der Waals surface area contributed by atoms with Crippen LogP contribution in [0, 0.1) is 0 Å². The number of carbonyl (C=O) groups is 2. The van der Waals surface area contributed by atoms with E-state index in [1.807, 2.05) is 0 Å². The van der Waals surface area contributed by atoms with Gasteiger partial charge in [-0.25, -0.2) is 4.79 Å². The average molecular weight is 775 g/mol. The van der Waals surface area contributed by atoms with E-state index in [-0.39, 0.29) is 31.6 Å². The largest absolute Gasteiger partial charge is 0.495 e. The van der Waals surface area contributed by atoms with E-state index in [9.17, 15) is 19.8 Å². The number of cyclic esters (lactones) is 1. The number of aliphatic hydroxyl groups excluding tert-OH is 2. The molecule has 2 aliphatic heterocycles. The van der Waals surface area contributed by atoms with Crippen LogP contribution < -0.4 is 15.4 Å². The molecule has 1 fully saturated rings. The van der Waals surface area contributed by atoms with Gasteiger partial charge in [0, 0.05) is 23.9 Å². The van der Waals surface area contributed by atoms with E-state index in [2.05, 4.69) is 79.5 Å². The smallest absolute Gasteiger partial charge is 0.410 e. The van der Waals surface area contributed by atoms with Gasteiger partial charge in [-0.3, -0.25) is 4.79 Å². The second kappa shape index (κ2) is 11.6. The number of ether oxygens (including phenoxy) is 3. The Morgan fingerprint density at radius 1 is 1.35 bits per heavy atom. The molecule has 4 atom stereocenters. The van der Waals surface area contributed by atoms with Gasteiger partial charge < -0.3 is 39.9 Å². The monoisotopic (exact) mass is 771 g/mol. The number of carbonyl (C=O) groups excluding carboxylic acids is 2. The molecule has 3 aliphatic rings. The summed E-state index contributed by atoms with van der Waals surface area (Å²) in [4.78, 5) is 29.5. The van der Waals surface area contributed by atoms with Crippen LogP contribution >= 0.6 is 63.7 Å². The number of allylic oxidation sites excluding steroid dienone is 1. The van der Waals surface area contributed by atoms with Crippen molar-refractivity contribution in [2.45, 2.75) is 36.9 Å². The lowest BCUT2D eigenvalue weighted by Crippen LogP contribution is -2.45. The predicted octanol–water partition coefficient (Wildman–Crippen LogP) is 3.10. The maximum atomic E-state index is 12.7. The number of amides is 2. The molecule has 1 aromatic carbocycles. The van der Waals surface area contributed by atoms with E-state index in [4.69, 9.17) is 19.0 Å². The SMILES string of the molecule is COC1=C(Br)[C@@H](O)[C@@]2(C=C1Br)CC(C(=O)NC[C@H](O)Cc1c(Br)ccc(O[C@@H]3CNC(=O)O3)c1Br)=NO2. The number of halogens is 4. The van der Waals surface area contributed by atoms with Crippen LogP contribution in [0.4, 0.5) is 4.79 Å². The van der Waals surface area contributed by atoms with Crippen molar-refractivity contribution in [3.63, 3.8) is 0 Å². The molecular formula is C22H21Br4N3O8. The zero-order valence-electron chi connectivity index (χ0n) is 19.1. The first-order valence-corrected chi connectivity index (χ1v) is 14.0. The van der Waals surface area contributed by atoms with Crippen molar-refractivity contribution in [2.24, 2.45) is 5.16 Å². The molecule has 0 saturated carbocycles. The molecule has 15 heteroatoms. The van der Waals surface area contributed by atoms with Crippen LogP contribution in [0.15, 0.2) is 47.0 Å². The molecule has 11 nitrogen and oxygen atoms in total. The number of oxime groups is 1. The Hall–Kier alpha value is -1.65. The Labute approximate surface area is 245 Å². The van der Waals surface area contributed by atoms with Gasteiger partial charge in [0.1, 0.15) is 23.3 Å². The fourth-order valence-corrected chi connectivity index (χ4v) is 7.02. The Balaban J connectivity index is 1.34. The van der Waals surface area contributed by atoms with Crippen LogP contribution in [-0.4, -0.2) is 72.2 Å². The van der Waals surface area contributed by atoms with Crippen molar-refractivity contribution in [2.75, 3.05) is 20.2 Å². The lowest BCUT2D eigenvalue weighted by molar-refractivity contribution is -0.115. The number of benzene rings is 1. The molecule has 2 amide bonds. The molecule has 0 radical (unpaired) electrons. The van der Waals surface area contributed by atoms with E-state index < -0.39 is 36.1 Å². The standard InChI is InChI=1S/C22H21Br4N3O8/c1-34-18-12(24)5-22(19(31)17(18)26)6-13(29-37-22)20(32)27-7-9(30)4-10-11(23)2-3-14(16(10)25)35-15-8-28-21(33)36-15/h2-3,5,9,15,19,30-31H,4,6-8H2,1H3,(H,27,32)(H,28,33)/t9-,15+,19-,22-/m1/s1. The van der Waals surface area contributed by atoms with Gasteiger partial charge in [0.2, 0.25) is 0 Å². The van der Waals surface area contributed by atoms with Crippen molar-refractivity contribution in [3.05, 3.63) is 47.4 Å². The van der Waals surface area contributed by atoms with Gasteiger partial charge in [-0.1, -0.05) is 21.1 Å². The first kappa shape index (κ1) is 28.4. The zero-order chi connectivity index (χ0) is 26.9. The molecule has 1 saturated heterocycles. The van der Waals surface area contributed by atoms with Crippen LogP contribution in [0.3, 0.4) is 0 Å². The molecule has 1 aromatic rings. The van der Waals surface area contributed by atoms with Gasteiger partial charge in [0.05, 0.1) is 33.2 Å². The summed E-state index contributed by atoms with van der Waals surface area (Å²) in [5.74, 6) is 0.312. The fraction of sp³-hybridized carbons (Fsp3) is 0.409. The molecule has 37 heavy (non-hydrogen) atoms. The average Bonchev–Trinajstić information content (AvgIpc) is 3.47. The van der Waals surface area contributed by atoms with Crippen LogP contribution in [-0.2, 0) is 25.5 Å². The topological polar surface area (TPSA) is 148 Å². The summed E-state index contributed by atoms with van der Waals surface area (Å²) in [7, 11) is 1.47. The summed E-state index contributed by atoms with van der Waals surface area (Å²) in [6.07, 6.45) is -1.64. The van der Waals surface area contributed by atoms with E-state index in [1.54, 1.807) is 18.2 Å². The molecule has 4 N–H and O–H groups in total. The number of hydrogen-bond acceptors (Lipinski definition) is 9. The molecule has 1 aliphatic carbocycles. The summed E-state index contributed by atoms with van der Waals surface area (Å²) in [5.41, 5.74) is -0.506. The van der Waals surface area contributed by atoms with Gasteiger partial charge in [0.15, 0.2) is 5.60 Å². The second-order valence-electron chi connectivity index (χ2n) is 8.28. The Morgan fingerprint density at radius 2 is 2.11 bits per heavy atom. The first-order chi connectivity index (χ1) is 17.5. The van der Waals surface area contributed by atoms with Gasteiger partial charge in [0.25, 0.3) is 12.2 Å². The van der Waals surface area contributed by atoms with Gasteiger partial charge in [-0.15, -0.1) is 0 Å². The maximum Gasteiger partial charge on any atom is 0.410 e. The highest BCUT2D eigenvalue weighted by Gasteiger charge is 2.50. The van der Waals surface area contributed by atoms with Crippen LogP contribution in [0.25, 0.3) is 0 Å². The summed E-state index contributed by atoms with van der Waals surface area (Å²) in [6.45, 7) is 0.142. The molecular weight excluding hydrogens is 754 g/mol. The Morgan fingerprint density at radius 3 is 2.78 bits per heavy atom. The van der Waals surface area contributed by atoms with Crippen molar-refractivity contribution < 1.29 is 38.9 Å². The predicted molar refractivity (Wildman–Crippen MR) is 145 cm³/mol. The summed E-state index contributed by atoms with van der Waals surface area (Å²) < 4.78 is 18.2. The minimum absolute atomic E-state index is 0.00830.